The van der Waals surface area contributed by atoms with Crippen LogP contribution >= 0.6 is 0 Å². The molecule has 0 aliphatic rings. The summed E-state index contributed by atoms with van der Waals surface area (Å²) in [5, 5.41) is 0.214. The Bertz CT molecular complexity index is 884. The summed E-state index contributed by atoms with van der Waals surface area (Å²) in [6.07, 6.45) is 0.592. The van der Waals surface area contributed by atoms with E-state index in [9.17, 15) is 13.6 Å². The number of fused-ring (bicyclic) bond motifs is 1. The number of hydrogen-bond acceptors (Lipinski definition) is 2. The lowest BCUT2D eigenvalue weighted by Crippen LogP contribution is -1.91. The van der Waals surface area contributed by atoms with Crippen molar-refractivity contribution in [3.63, 3.8) is 0 Å². The lowest BCUT2D eigenvalue weighted by Gasteiger charge is -2.08. The highest BCUT2D eigenvalue weighted by Gasteiger charge is 2.19. The number of nitrogens with one attached hydrogen (secondary N) is 1. The molecule has 3 aromatic rings. The van der Waals surface area contributed by atoms with Crippen LogP contribution in [0.5, 0.6) is 5.75 Å². The molecule has 0 radical (unpaired) electrons. The molecule has 2 aromatic carbocycles. The minimum Gasteiger partial charge on any atom is -0.496 e. The van der Waals surface area contributed by atoms with Gasteiger partial charge in [0.05, 0.1) is 18.3 Å². The Morgan fingerprint density at radius 2 is 1.95 bits per heavy atom. The van der Waals surface area contributed by atoms with Crippen molar-refractivity contribution in [3.05, 3.63) is 53.1 Å². The number of carbonyl (C=O) groups excluding carboxylic acids is 1. The van der Waals surface area contributed by atoms with Crippen molar-refractivity contribution in [2.75, 3.05) is 7.11 Å². The number of aromatic nitrogens is 1. The molecule has 3 nitrogen and oxygen atoms in total. The SMILES string of the molecule is COc1ccc(C)cc1-c1[nH]c2c(F)cc(F)cc2c1C=O. The van der Waals surface area contributed by atoms with Gasteiger partial charge in [0.15, 0.2) is 6.29 Å². The fourth-order valence-corrected chi connectivity index (χ4v) is 2.59. The van der Waals surface area contributed by atoms with Gasteiger partial charge in [-0.05, 0) is 25.1 Å². The van der Waals surface area contributed by atoms with Gasteiger partial charge in [-0.2, -0.15) is 0 Å². The second kappa shape index (κ2) is 5.26. The number of methoxy groups -OCH3 is 1. The van der Waals surface area contributed by atoms with Crippen molar-refractivity contribution in [2.45, 2.75) is 6.92 Å². The van der Waals surface area contributed by atoms with Gasteiger partial charge in [0, 0.05) is 22.6 Å². The molecule has 1 N–H and O–H groups in total. The highest BCUT2D eigenvalue weighted by atomic mass is 19.1. The normalized spacial score (nSPS) is 10.9. The molecule has 22 heavy (non-hydrogen) atoms. The number of aldehydes is 1. The summed E-state index contributed by atoms with van der Waals surface area (Å²) < 4.78 is 32.7. The van der Waals surface area contributed by atoms with E-state index >= 15 is 0 Å². The Morgan fingerprint density at radius 1 is 1.18 bits per heavy atom. The predicted molar refractivity (Wildman–Crippen MR) is 80.3 cm³/mol. The molecule has 3 rings (SSSR count). The van der Waals surface area contributed by atoms with Gasteiger partial charge in [0.1, 0.15) is 17.4 Å². The summed E-state index contributed by atoms with van der Waals surface area (Å²) in [4.78, 5) is 14.4. The van der Waals surface area contributed by atoms with E-state index in [2.05, 4.69) is 4.98 Å². The van der Waals surface area contributed by atoms with E-state index in [1.807, 2.05) is 19.1 Å². The molecule has 0 saturated heterocycles. The first kappa shape index (κ1) is 14.3. The Balaban J connectivity index is 2.39. The third-order valence-electron chi connectivity index (χ3n) is 3.61. The molecule has 1 aromatic heterocycles. The van der Waals surface area contributed by atoms with Gasteiger partial charge in [0.25, 0.3) is 0 Å². The average molecular weight is 301 g/mol. The van der Waals surface area contributed by atoms with E-state index in [0.717, 1.165) is 17.7 Å². The largest absolute Gasteiger partial charge is 0.496 e. The molecular formula is C17H13F2NO2. The van der Waals surface area contributed by atoms with E-state index < -0.39 is 11.6 Å². The van der Waals surface area contributed by atoms with E-state index in [-0.39, 0.29) is 16.5 Å². The van der Waals surface area contributed by atoms with Crippen LogP contribution in [0.4, 0.5) is 8.78 Å². The van der Waals surface area contributed by atoms with Gasteiger partial charge in [0.2, 0.25) is 0 Å². The van der Waals surface area contributed by atoms with Crippen LogP contribution in [-0.4, -0.2) is 18.4 Å². The molecule has 0 aliphatic carbocycles. The summed E-state index contributed by atoms with van der Waals surface area (Å²) in [5.41, 5.74) is 2.30. The lowest BCUT2D eigenvalue weighted by atomic mass is 10.0. The lowest BCUT2D eigenvalue weighted by molar-refractivity contribution is 0.112. The first-order chi connectivity index (χ1) is 10.5. The van der Waals surface area contributed by atoms with Crippen molar-refractivity contribution in [1.29, 1.82) is 0 Å². The Morgan fingerprint density at radius 3 is 2.64 bits per heavy atom. The molecule has 0 bridgehead atoms. The summed E-state index contributed by atoms with van der Waals surface area (Å²) in [7, 11) is 1.51. The van der Waals surface area contributed by atoms with Gasteiger partial charge in [-0.15, -0.1) is 0 Å². The molecule has 1 heterocycles. The van der Waals surface area contributed by atoms with Gasteiger partial charge in [-0.3, -0.25) is 4.79 Å². The molecule has 0 amide bonds. The number of hydrogen-bond donors (Lipinski definition) is 1. The van der Waals surface area contributed by atoms with Crippen LogP contribution < -0.4 is 4.74 Å². The van der Waals surface area contributed by atoms with Gasteiger partial charge >= 0.3 is 0 Å². The summed E-state index contributed by atoms with van der Waals surface area (Å²) in [6, 6.07) is 7.38. The zero-order valence-corrected chi connectivity index (χ0v) is 12.0. The van der Waals surface area contributed by atoms with E-state index in [0.29, 0.717) is 23.3 Å². The standard InChI is InChI=1S/C17H13F2NO2/c1-9-3-4-15(22-2)12(5-9)16-13(8-21)11-6-10(18)7-14(19)17(11)20-16/h3-8,20H,1-2H3. The van der Waals surface area contributed by atoms with Crippen molar-refractivity contribution >= 4 is 17.2 Å². The number of aromatic amines is 1. The molecule has 5 heteroatoms. The minimum absolute atomic E-state index is 0.0991. The first-order valence-corrected chi connectivity index (χ1v) is 6.66. The fourth-order valence-electron chi connectivity index (χ4n) is 2.59. The van der Waals surface area contributed by atoms with Gasteiger partial charge < -0.3 is 9.72 Å². The number of aryl methyl sites for hydroxylation is 1. The molecule has 0 unspecified atom stereocenters. The summed E-state index contributed by atoms with van der Waals surface area (Å²) in [6.45, 7) is 1.90. The smallest absolute Gasteiger partial charge is 0.152 e. The van der Waals surface area contributed by atoms with Gasteiger partial charge in [-0.25, -0.2) is 8.78 Å². The van der Waals surface area contributed by atoms with Crippen LogP contribution in [0.1, 0.15) is 15.9 Å². The van der Waals surface area contributed by atoms with Crippen molar-refractivity contribution in [3.8, 4) is 17.0 Å². The topological polar surface area (TPSA) is 42.1 Å². The minimum atomic E-state index is -0.740. The fraction of sp³-hybridized carbons (Fsp3) is 0.118. The zero-order chi connectivity index (χ0) is 15.9. The number of carbonyl (C=O) groups is 1. The monoisotopic (exact) mass is 301 g/mol. The maximum atomic E-state index is 13.9. The quantitative estimate of drug-likeness (QED) is 0.735. The predicted octanol–water partition coefficient (Wildman–Crippen LogP) is 4.24. The Hall–Kier alpha value is -2.69. The van der Waals surface area contributed by atoms with E-state index in [1.165, 1.54) is 7.11 Å². The molecule has 0 saturated carbocycles. The number of rotatable bonds is 3. The van der Waals surface area contributed by atoms with Crippen LogP contribution in [0, 0.1) is 18.6 Å². The third kappa shape index (κ3) is 2.15. The number of benzene rings is 2. The van der Waals surface area contributed by atoms with E-state index in [4.69, 9.17) is 4.74 Å². The van der Waals surface area contributed by atoms with Crippen molar-refractivity contribution < 1.29 is 18.3 Å². The maximum Gasteiger partial charge on any atom is 0.152 e. The molecule has 112 valence electrons. The van der Waals surface area contributed by atoms with Crippen LogP contribution in [0.2, 0.25) is 0 Å². The molecule has 0 aliphatic heterocycles. The van der Waals surface area contributed by atoms with Crippen molar-refractivity contribution in [2.24, 2.45) is 0 Å². The maximum absolute atomic E-state index is 13.9. The molecule has 0 spiro atoms. The number of ether oxygens (including phenoxy) is 1. The summed E-state index contributed by atoms with van der Waals surface area (Å²) >= 11 is 0. The highest BCUT2D eigenvalue weighted by Crippen LogP contribution is 2.36. The second-order valence-electron chi connectivity index (χ2n) is 5.05. The zero-order valence-electron chi connectivity index (χ0n) is 12.0. The average Bonchev–Trinajstić information content (AvgIpc) is 2.85. The van der Waals surface area contributed by atoms with Crippen LogP contribution in [0.3, 0.4) is 0 Å². The summed E-state index contributed by atoms with van der Waals surface area (Å²) in [5.74, 6) is -0.924. The Labute approximate surface area is 125 Å². The Kier molecular flexibility index (Phi) is 3.41. The molecular weight excluding hydrogens is 288 g/mol. The first-order valence-electron chi connectivity index (χ1n) is 6.66. The highest BCUT2D eigenvalue weighted by molar-refractivity contribution is 6.05. The molecule has 0 fully saturated rings. The van der Waals surface area contributed by atoms with Crippen molar-refractivity contribution in [1.82, 2.24) is 4.98 Å². The number of H-pyrrole nitrogens is 1. The second-order valence-corrected chi connectivity index (χ2v) is 5.05. The van der Waals surface area contributed by atoms with E-state index in [1.54, 1.807) is 6.07 Å². The third-order valence-corrected chi connectivity index (χ3v) is 3.61. The molecule has 0 atom stereocenters. The van der Waals surface area contributed by atoms with Crippen LogP contribution in [-0.2, 0) is 0 Å². The van der Waals surface area contributed by atoms with Crippen LogP contribution in [0.25, 0.3) is 22.2 Å². The van der Waals surface area contributed by atoms with Crippen LogP contribution in [0.15, 0.2) is 30.3 Å². The number of halogens is 2. The van der Waals surface area contributed by atoms with Gasteiger partial charge in [-0.1, -0.05) is 11.6 Å².